The van der Waals surface area contributed by atoms with Crippen molar-refractivity contribution in [2.45, 2.75) is 39.5 Å². The van der Waals surface area contributed by atoms with Crippen LogP contribution in [0.2, 0.25) is 0 Å². The Bertz CT molecular complexity index is 617. The summed E-state index contributed by atoms with van der Waals surface area (Å²) in [5.41, 5.74) is 3.34. The van der Waals surface area contributed by atoms with Crippen LogP contribution >= 0.6 is 0 Å². The lowest BCUT2D eigenvalue weighted by atomic mass is 9.84. The maximum atomic E-state index is 11.7. The van der Waals surface area contributed by atoms with E-state index in [-0.39, 0.29) is 5.41 Å². The average Bonchev–Trinajstić information content (AvgIpc) is 2.38. The van der Waals surface area contributed by atoms with Crippen LogP contribution in [0.15, 0.2) is 12.1 Å². The molecular weight excluding hydrogens is 300 g/mol. The molecule has 0 aliphatic carbocycles. The number of nitrogens with one attached hydrogen (secondary N) is 1. The molecule has 1 aromatic rings. The summed E-state index contributed by atoms with van der Waals surface area (Å²) in [5, 5.41) is 0. The van der Waals surface area contributed by atoms with Crippen molar-refractivity contribution in [2.75, 3.05) is 27.7 Å². The molecule has 1 rings (SSSR count). The predicted molar refractivity (Wildman–Crippen MR) is 90.7 cm³/mol. The minimum atomic E-state index is -3.37. The van der Waals surface area contributed by atoms with Gasteiger partial charge in [-0.15, -0.1) is 0 Å². The largest absolute Gasteiger partial charge is 0.496 e. The number of hydrogen-bond donors (Lipinski definition) is 1. The second kappa shape index (κ2) is 6.98. The second-order valence-electron chi connectivity index (χ2n) is 6.66. The van der Waals surface area contributed by atoms with E-state index in [1.165, 1.54) is 18.4 Å². The average molecular weight is 328 g/mol. The topological polar surface area (TPSA) is 58.6 Å². The van der Waals surface area contributed by atoms with Gasteiger partial charge in [0.05, 0.1) is 7.11 Å². The van der Waals surface area contributed by atoms with Gasteiger partial charge in [0, 0.05) is 20.6 Å². The van der Waals surface area contributed by atoms with Crippen LogP contribution in [-0.2, 0) is 22.0 Å². The summed E-state index contributed by atoms with van der Waals surface area (Å²) in [5.74, 6) is 0.877. The molecule has 0 saturated carbocycles. The van der Waals surface area contributed by atoms with E-state index >= 15 is 0 Å². The van der Waals surface area contributed by atoms with Gasteiger partial charge in [-0.25, -0.2) is 4.72 Å². The number of ether oxygens (including phenoxy) is 1. The maximum Gasteiger partial charge on any atom is 0.278 e. The Morgan fingerprint density at radius 2 is 1.82 bits per heavy atom. The molecule has 0 aliphatic heterocycles. The third-order valence-electron chi connectivity index (χ3n) is 3.63. The molecule has 0 unspecified atom stereocenters. The minimum Gasteiger partial charge on any atom is -0.496 e. The van der Waals surface area contributed by atoms with Gasteiger partial charge >= 0.3 is 0 Å². The number of methoxy groups -OCH3 is 1. The van der Waals surface area contributed by atoms with Crippen LogP contribution in [0.5, 0.6) is 5.75 Å². The molecule has 0 aliphatic rings. The van der Waals surface area contributed by atoms with Crippen LogP contribution in [0.25, 0.3) is 0 Å². The summed E-state index contributed by atoms with van der Waals surface area (Å²) in [6.45, 7) is 8.80. The van der Waals surface area contributed by atoms with Crippen molar-refractivity contribution in [2.24, 2.45) is 0 Å². The van der Waals surface area contributed by atoms with Gasteiger partial charge in [0.1, 0.15) is 5.75 Å². The molecule has 1 N–H and O–H groups in total. The molecule has 126 valence electrons. The highest BCUT2D eigenvalue weighted by Crippen LogP contribution is 2.33. The smallest absolute Gasteiger partial charge is 0.278 e. The molecule has 0 spiro atoms. The fourth-order valence-electron chi connectivity index (χ4n) is 2.19. The highest BCUT2D eigenvalue weighted by Gasteiger charge is 2.20. The Labute approximate surface area is 134 Å². The first kappa shape index (κ1) is 18.9. The van der Waals surface area contributed by atoms with Crippen molar-refractivity contribution < 1.29 is 13.2 Å². The summed E-state index contributed by atoms with van der Waals surface area (Å²) in [4.78, 5) is 0. The standard InChI is InChI=1S/C16H28N2O3S/c1-12-10-15(21-7)14(16(2,3)4)11-13(12)8-9-17-22(19,20)18(5)6/h10-11,17H,8-9H2,1-7H3. The van der Waals surface area contributed by atoms with Crippen molar-refractivity contribution in [3.8, 4) is 5.75 Å². The van der Waals surface area contributed by atoms with Crippen LogP contribution in [0, 0.1) is 6.92 Å². The van der Waals surface area contributed by atoms with E-state index in [0.717, 1.165) is 22.4 Å². The molecule has 0 aromatic heterocycles. The van der Waals surface area contributed by atoms with E-state index < -0.39 is 10.2 Å². The lowest BCUT2D eigenvalue weighted by molar-refractivity contribution is 0.397. The maximum absolute atomic E-state index is 11.7. The highest BCUT2D eigenvalue weighted by atomic mass is 32.2. The van der Waals surface area contributed by atoms with Gasteiger partial charge in [-0.3, -0.25) is 0 Å². The monoisotopic (exact) mass is 328 g/mol. The first-order valence-electron chi connectivity index (χ1n) is 7.34. The van der Waals surface area contributed by atoms with Gasteiger partial charge in [-0.2, -0.15) is 12.7 Å². The Morgan fingerprint density at radius 3 is 2.27 bits per heavy atom. The van der Waals surface area contributed by atoms with Crippen molar-refractivity contribution in [3.63, 3.8) is 0 Å². The van der Waals surface area contributed by atoms with E-state index in [1.807, 2.05) is 13.0 Å². The second-order valence-corrected chi connectivity index (χ2v) is 8.63. The number of benzene rings is 1. The van der Waals surface area contributed by atoms with Crippen molar-refractivity contribution in [1.29, 1.82) is 0 Å². The van der Waals surface area contributed by atoms with Gasteiger partial charge in [0.25, 0.3) is 10.2 Å². The summed E-state index contributed by atoms with van der Waals surface area (Å²) < 4.78 is 32.7. The van der Waals surface area contributed by atoms with Gasteiger partial charge in [0.15, 0.2) is 0 Å². The van der Waals surface area contributed by atoms with Gasteiger partial charge in [-0.1, -0.05) is 26.8 Å². The summed E-state index contributed by atoms with van der Waals surface area (Å²) in [6, 6.07) is 4.15. The Balaban J connectivity index is 2.97. The molecule has 0 fully saturated rings. The molecule has 0 amide bonds. The SMILES string of the molecule is COc1cc(C)c(CCNS(=O)(=O)N(C)C)cc1C(C)(C)C. The van der Waals surface area contributed by atoms with E-state index in [4.69, 9.17) is 4.74 Å². The predicted octanol–water partition coefficient (Wildman–Crippen LogP) is 2.24. The van der Waals surface area contributed by atoms with Gasteiger partial charge in [-0.05, 0) is 41.5 Å². The molecule has 0 bridgehead atoms. The van der Waals surface area contributed by atoms with Crippen molar-refractivity contribution >= 4 is 10.2 Å². The molecule has 0 saturated heterocycles. The first-order chi connectivity index (χ1) is 9.99. The number of rotatable bonds is 6. The van der Waals surface area contributed by atoms with Gasteiger partial charge in [0.2, 0.25) is 0 Å². The van der Waals surface area contributed by atoms with Crippen molar-refractivity contribution in [1.82, 2.24) is 9.03 Å². The molecule has 0 atom stereocenters. The third kappa shape index (κ3) is 4.69. The molecule has 6 heteroatoms. The van der Waals surface area contributed by atoms with Crippen LogP contribution < -0.4 is 9.46 Å². The zero-order chi connectivity index (χ0) is 17.1. The first-order valence-corrected chi connectivity index (χ1v) is 8.78. The zero-order valence-electron chi connectivity index (χ0n) is 14.6. The molecular formula is C16H28N2O3S. The molecule has 1 aromatic carbocycles. The van der Waals surface area contributed by atoms with Crippen molar-refractivity contribution in [3.05, 3.63) is 28.8 Å². The zero-order valence-corrected chi connectivity index (χ0v) is 15.5. The number of hydrogen-bond acceptors (Lipinski definition) is 3. The summed E-state index contributed by atoms with van der Waals surface area (Å²) in [6.07, 6.45) is 0.645. The highest BCUT2D eigenvalue weighted by molar-refractivity contribution is 7.87. The normalized spacial score (nSPS) is 12.7. The fraction of sp³-hybridized carbons (Fsp3) is 0.625. The Morgan fingerprint density at radius 1 is 1.23 bits per heavy atom. The molecule has 5 nitrogen and oxygen atoms in total. The molecule has 0 heterocycles. The summed E-state index contributed by atoms with van der Waals surface area (Å²) >= 11 is 0. The van der Waals surface area contributed by atoms with Crippen LogP contribution in [-0.4, -0.2) is 40.5 Å². The van der Waals surface area contributed by atoms with E-state index in [2.05, 4.69) is 31.6 Å². The third-order valence-corrected chi connectivity index (χ3v) is 5.16. The lowest BCUT2D eigenvalue weighted by Crippen LogP contribution is -2.36. The summed E-state index contributed by atoms with van der Waals surface area (Å²) in [7, 11) is 1.33. The van der Waals surface area contributed by atoms with Gasteiger partial charge < -0.3 is 4.74 Å². The minimum absolute atomic E-state index is 0.0308. The van der Waals surface area contributed by atoms with Crippen LogP contribution in [0.3, 0.4) is 0 Å². The van der Waals surface area contributed by atoms with E-state index in [1.54, 1.807) is 7.11 Å². The fourth-order valence-corrected chi connectivity index (χ4v) is 2.81. The molecule has 22 heavy (non-hydrogen) atoms. The van der Waals surface area contributed by atoms with E-state index in [0.29, 0.717) is 13.0 Å². The lowest BCUT2D eigenvalue weighted by Gasteiger charge is -2.24. The number of nitrogens with zero attached hydrogens (tertiary/aromatic N) is 1. The Kier molecular flexibility index (Phi) is 6.01. The quantitative estimate of drug-likeness (QED) is 0.871. The van der Waals surface area contributed by atoms with Crippen LogP contribution in [0.1, 0.15) is 37.5 Å². The van der Waals surface area contributed by atoms with E-state index in [9.17, 15) is 8.42 Å². The van der Waals surface area contributed by atoms with Crippen LogP contribution in [0.4, 0.5) is 0 Å². The Hall–Kier alpha value is -1.11. The molecule has 0 radical (unpaired) electrons. The number of aryl methyl sites for hydroxylation is 1.